The molecule has 0 saturated carbocycles. The van der Waals surface area contributed by atoms with Gasteiger partial charge in [0.15, 0.2) is 0 Å². The van der Waals surface area contributed by atoms with E-state index in [1.807, 2.05) is 12.1 Å². The van der Waals surface area contributed by atoms with E-state index < -0.39 is 0 Å². The molecular formula is C14H20BrNO2. The van der Waals surface area contributed by atoms with E-state index in [0.717, 1.165) is 36.0 Å². The van der Waals surface area contributed by atoms with Gasteiger partial charge in [-0.05, 0) is 30.2 Å². The van der Waals surface area contributed by atoms with Gasteiger partial charge in [0.1, 0.15) is 11.9 Å². The van der Waals surface area contributed by atoms with E-state index in [-0.39, 0.29) is 12.2 Å². The zero-order valence-electron chi connectivity index (χ0n) is 10.7. The van der Waals surface area contributed by atoms with E-state index in [0.29, 0.717) is 6.54 Å². The van der Waals surface area contributed by atoms with E-state index in [2.05, 4.69) is 34.2 Å². The first-order valence-corrected chi connectivity index (χ1v) is 7.32. The molecule has 1 aromatic carbocycles. The van der Waals surface area contributed by atoms with Gasteiger partial charge >= 0.3 is 0 Å². The fraction of sp³-hybridized carbons (Fsp3) is 0.571. The minimum atomic E-state index is -0.243. The second-order valence-corrected chi connectivity index (χ2v) is 5.71. The Kier molecular flexibility index (Phi) is 5.03. The highest BCUT2D eigenvalue weighted by Crippen LogP contribution is 2.30. The minimum Gasteiger partial charge on any atom is -0.488 e. The summed E-state index contributed by atoms with van der Waals surface area (Å²) in [7, 11) is 0. The van der Waals surface area contributed by atoms with Crippen molar-refractivity contribution >= 4 is 15.9 Å². The highest BCUT2D eigenvalue weighted by molar-refractivity contribution is 9.10. The van der Waals surface area contributed by atoms with E-state index in [1.54, 1.807) is 0 Å². The molecule has 1 aliphatic heterocycles. The number of hydrogen-bond acceptors (Lipinski definition) is 3. The summed E-state index contributed by atoms with van der Waals surface area (Å²) >= 11 is 3.47. The summed E-state index contributed by atoms with van der Waals surface area (Å²) in [4.78, 5) is 0. The molecule has 100 valence electrons. The van der Waals surface area contributed by atoms with Gasteiger partial charge in [0.2, 0.25) is 0 Å². The van der Waals surface area contributed by atoms with Crippen LogP contribution in [-0.4, -0.2) is 30.4 Å². The van der Waals surface area contributed by atoms with Crippen LogP contribution in [0.15, 0.2) is 22.7 Å². The summed E-state index contributed by atoms with van der Waals surface area (Å²) in [5, 5.41) is 12.9. The van der Waals surface area contributed by atoms with Crippen LogP contribution < -0.4 is 10.1 Å². The smallest absolute Gasteiger partial charge is 0.123 e. The molecule has 3 nitrogen and oxygen atoms in total. The molecule has 0 amide bonds. The molecule has 0 fully saturated rings. The normalized spacial score (nSPS) is 19.4. The lowest BCUT2D eigenvalue weighted by atomic mass is 10.1. The van der Waals surface area contributed by atoms with Gasteiger partial charge in [-0.1, -0.05) is 29.3 Å². The largest absolute Gasteiger partial charge is 0.488 e. The standard InChI is InChI=1S/C14H20BrNO2/c1-2-3-12(17)8-16-9-13-7-10-6-11(15)4-5-14(10)18-13/h4-6,12-13,16-17H,2-3,7-9H2,1H3. The maximum Gasteiger partial charge on any atom is 0.123 e. The first kappa shape index (κ1) is 13.8. The lowest BCUT2D eigenvalue weighted by Crippen LogP contribution is -2.35. The first-order valence-electron chi connectivity index (χ1n) is 6.53. The average Bonchev–Trinajstić information content (AvgIpc) is 2.71. The van der Waals surface area contributed by atoms with Crippen LogP contribution in [0.1, 0.15) is 25.3 Å². The zero-order valence-corrected chi connectivity index (χ0v) is 12.2. The number of aliphatic hydroxyl groups excluding tert-OH is 1. The molecule has 2 N–H and O–H groups in total. The lowest BCUT2D eigenvalue weighted by Gasteiger charge is -2.14. The maximum absolute atomic E-state index is 9.62. The fourth-order valence-electron chi connectivity index (χ4n) is 2.25. The number of benzene rings is 1. The minimum absolute atomic E-state index is 0.183. The molecule has 0 bridgehead atoms. The molecule has 2 rings (SSSR count). The Labute approximate surface area is 117 Å². The van der Waals surface area contributed by atoms with Gasteiger partial charge < -0.3 is 15.2 Å². The van der Waals surface area contributed by atoms with Crippen molar-refractivity contribution < 1.29 is 9.84 Å². The van der Waals surface area contributed by atoms with E-state index in [9.17, 15) is 5.11 Å². The molecule has 1 aliphatic rings. The zero-order chi connectivity index (χ0) is 13.0. The number of ether oxygens (including phenoxy) is 1. The van der Waals surface area contributed by atoms with Crippen LogP contribution in [0.2, 0.25) is 0 Å². The molecule has 2 unspecified atom stereocenters. The molecule has 1 aromatic rings. The predicted molar refractivity (Wildman–Crippen MR) is 76.0 cm³/mol. The summed E-state index contributed by atoms with van der Waals surface area (Å²) < 4.78 is 6.93. The summed E-state index contributed by atoms with van der Waals surface area (Å²) in [6.07, 6.45) is 2.75. The summed E-state index contributed by atoms with van der Waals surface area (Å²) in [6.45, 7) is 3.51. The maximum atomic E-state index is 9.62. The highest BCUT2D eigenvalue weighted by atomic mass is 79.9. The van der Waals surface area contributed by atoms with Crippen LogP contribution in [-0.2, 0) is 6.42 Å². The fourth-order valence-corrected chi connectivity index (χ4v) is 2.66. The molecular weight excluding hydrogens is 294 g/mol. The molecule has 1 heterocycles. The Hall–Kier alpha value is -0.580. The summed E-state index contributed by atoms with van der Waals surface area (Å²) in [5.41, 5.74) is 1.25. The molecule has 0 radical (unpaired) electrons. The van der Waals surface area contributed by atoms with Crippen molar-refractivity contribution in [2.45, 2.75) is 38.4 Å². The second-order valence-electron chi connectivity index (χ2n) is 4.80. The summed E-state index contributed by atoms with van der Waals surface area (Å²) in [6, 6.07) is 6.12. The molecule has 4 heteroatoms. The van der Waals surface area contributed by atoms with Crippen molar-refractivity contribution in [3.05, 3.63) is 28.2 Å². The average molecular weight is 314 g/mol. The Bertz CT molecular complexity index is 397. The SMILES string of the molecule is CCCC(O)CNCC1Cc2cc(Br)ccc2O1. The predicted octanol–water partition coefficient (Wildman–Crippen LogP) is 2.50. The lowest BCUT2D eigenvalue weighted by molar-refractivity contribution is 0.152. The number of aliphatic hydroxyl groups is 1. The van der Waals surface area contributed by atoms with Crippen molar-refractivity contribution in [1.82, 2.24) is 5.32 Å². The third-order valence-electron chi connectivity index (χ3n) is 3.14. The van der Waals surface area contributed by atoms with Crippen LogP contribution >= 0.6 is 15.9 Å². The van der Waals surface area contributed by atoms with Gasteiger partial charge in [-0.25, -0.2) is 0 Å². The van der Waals surface area contributed by atoms with Gasteiger partial charge in [-0.2, -0.15) is 0 Å². The molecule has 0 aromatic heterocycles. The first-order chi connectivity index (χ1) is 8.69. The van der Waals surface area contributed by atoms with Gasteiger partial charge in [0.25, 0.3) is 0 Å². The third kappa shape index (κ3) is 3.70. The Morgan fingerprint density at radius 2 is 2.39 bits per heavy atom. The van der Waals surface area contributed by atoms with Crippen molar-refractivity contribution in [2.75, 3.05) is 13.1 Å². The number of nitrogens with one attached hydrogen (secondary N) is 1. The van der Waals surface area contributed by atoms with Crippen molar-refractivity contribution in [2.24, 2.45) is 0 Å². The van der Waals surface area contributed by atoms with Crippen molar-refractivity contribution in [1.29, 1.82) is 0 Å². The molecule has 0 aliphatic carbocycles. The van der Waals surface area contributed by atoms with E-state index in [4.69, 9.17) is 4.74 Å². The van der Waals surface area contributed by atoms with Crippen LogP contribution in [0.25, 0.3) is 0 Å². The van der Waals surface area contributed by atoms with Crippen LogP contribution in [0.4, 0.5) is 0 Å². The van der Waals surface area contributed by atoms with Gasteiger partial charge in [-0.15, -0.1) is 0 Å². The molecule has 18 heavy (non-hydrogen) atoms. The van der Waals surface area contributed by atoms with Crippen LogP contribution in [0.5, 0.6) is 5.75 Å². The quantitative estimate of drug-likeness (QED) is 0.848. The number of halogens is 1. The van der Waals surface area contributed by atoms with Crippen molar-refractivity contribution in [3.8, 4) is 5.75 Å². The highest BCUT2D eigenvalue weighted by Gasteiger charge is 2.22. The van der Waals surface area contributed by atoms with E-state index in [1.165, 1.54) is 5.56 Å². The number of rotatable bonds is 6. The Morgan fingerprint density at radius 3 is 3.17 bits per heavy atom. The molecule has 0 spiro atoms. The van der Waals surface area contributed by atoms with Gasteiger partial charge in [0, 0.05) is 24.0 Å². The monoisotopic (exact) mass is 313 g/mol. The summed E-state index contributed by atoms with van der Waals surface area (Å²) in [5.74, 6) is 0.985. The Morgan fingerprint density at radius 1 is 1.56 bits per heavy atom. The van der Waals surface area contributed by atoms with Crippen LogP contribution in [0, 0.1) is 0 Å². The second kappa shape index (κ2) is 6.55. The topological polar surface area (TPSA) is 41.5 Å². The van der Waals surface area contributed by atoms with E-state index >= 15 is 0 Å². The third-order valence-corrected chi connectivity index (χ3v) is 3.63. The van der Waals surface area contributed by atoms with Crippen molar-refractivity contribution in [3.63, 3.8) is 0 Å². The number of fused-ring (bicyclic) bond motifs is 1. The van der Waals surface area contributed by atoms with Crippen LogP contribution in [0.3, 0.4) is 0 Å². The molecule has 2 atom stereocenters. The number of hydrogen-bond donors (Lipinski definition) is 2. The molecule has 0 saturated heterocycles. The Balaban J connectivity index is 1.74. The van der Waals surface area contributed by atoms with Gasteiger partial charge in [0.05, 0.1) is 6.10 Å². The van der Waals surface area contributed by atoms with Gasteiger partial charge in [-0.3, -0.25) is 0 Å².